The van der Waals surface area contributed by atoms with Gasteiger partial charge >= 0.3 is 6.18 Å². The predicted octanol–water partition coefficient (Wildman–Crippen LogP) is 4.13. The molecular weight excluding hydrogens is 479 g/mol. The Morgan fingerprint density at radius 1 is 1.06 bits per heavy atom. The summed E-state index contributed by atoms with van der Waals surface area (Å²) in [4.78, 5) is 21.3. The molecule has 3 heterocycles. The molecule has 2 aromatic heterocycles. The third-order valence-corrected chi connectivity index (χ3v) is 6.33. The van der Waals surface area contributed by atoms with Gasteiger partial charge in [0.2, 0.25) is 11.7 Å². The normalized spacial score (nSPS) is 19.3. The Morgan fingerprint density at radius 2 is 1.78 bits per heavy atom. The van der Waals surface area contributed by atoms with Gasteiger partial charge in [-0.1, -0.05) is 6.07 Å². The van der Waals surface area contributed by atoms with Crippen molar-refractivity contribution in [3.8, 4) is 17.2 Å². The molecular formula is C24H22F3N5O4. The first-order valence-electron chi connectivity index (χ1n) is 11.0. The average molecular weight is 501 g/mol. The molecule has 1 N–H and O–H groups in total. The summed E-state index contributed by atoms with van der Waals surface area (Å²) in [5, 5.41) is 6.65. The molecule has 0 spiro atoms. The lowest BCUT2D eigenvalue weighted by Crippen LogP contribution is -2.33. The lowest BCUT2D eigenvalue weighted by molar-refractivity contribution is -0.145. The number of carbonyl (C=O) groups is 1. The van der Waals surface area contributed by atoms with E-state index < -0.39 is 18.0 Å². The molecule has 0 saturated carbocycles. The van der Waals surface area contributed by atoms with E-state index in [1.807, 2.05) is 0 Å². The standard InChI is InChI=1S/C24H22F3N5O4/c1-34-17-9-14(10-18(35-2)21(17)36-3)13-7-15-19(16(33)8-13)20(12-5-4-6-28-11-12)32-23(29-15)30-22(31-32)24(25,26)27/h4-6,9-11,13,20H,7-8H2,1-3H3,(H,29,30,31)/t13-,20+/m0/s1. The molecule has 9 nitrogen and oxygen atoms in total. The van der Waals surface area contributed by atoms with E-state index in [2.05, 4.69) is 20.4 Å². The Bertz CT molecular complexity index is 1330. The van der Waals surface area contributed by atoms with Crippen LogP contribution in [-0.2, 0) is 11.0 Å². The van der Waals surface area contributed by atoms with Gasteiger partial charge in [0.25, 0.3) is 5.82 Å². The van der Waals surface area contributed by atoms with Gasteiger partial charge < -0.3 is 19.5 Å². The maximum absolute atomic E-state index is 13.6. The van der Waals surface area contributed by atoms with E-state index in [0.29, 0.717) is 40.5 Å². The Hall–Kier alpha value is -4.09. The number of fused-ring (bicyclic) bond motifs is 1. The van der Waals surface area contributed by atoms with Gasteiger partial charge in [0.1, 0.15) is 6.04 Å². The summed E-state index contributed by atoms with van der Waals surface area (Å²) in [6.07, 6.45) is -1.20. The monoisotopic (exact) mass is 501 g/mol. The van der Waals surface area contributed by atoms with E-state index in [1.54, 1.807) is 30.5 Å². The SMILES string of the molecule is COc1cc([C@@H]2CC(=O)C3=C(C2)Nc2nc(C(F)(F)F)nn2[C@@H]3c2cccnc2)cc(OC)c1OC. The second-order valence-electron chi connectivity index (χ2n) is 8.39. The van der Waals surface area contributed by atoms with Crippen molar-refractivity contribution >= 4 is 11.7 Å². The number of allylic oxidation sites excluding steroid dienone is 2. The minimum atomic E-state index is -4.74. The van der Waals surface area contributed by atoms with Gasteiger partial charge in [-0.25, -0.2) is 4.68 Å². The fraction of sp³-hybridized carbons (Fsp3) is 0.333. The van der Waals surface area contributed by atoms with Crippen molar-refractivity contribution in [2.75, 3.05) is 26.6 Å². The van der Waals surface area contributed by atoms with Crippen molar-refractivity contribution in [1.29, 1.82) is 0 Å². The van der Waals surface area contributed by atoms with Crippen LogP contribution in [0.4, 0.5) is 19.1 Å². The zero-order chi connectivity index (χ0) is 25.6. The zero-order valence-corrected chi connectivity index (χ0v) is 19.6. The molecule has 2 atom stereocenters. The van der Waals surface area contributed by atoms with Crippen LogP contribution >= 0.6 is 0 Å². The second-order valence-corrected chi connectivity index (χ2v) is 8.39. The number of nitrogens with one attached hydrogen (secondary N) is 1. The Morgan fingerprint density at radius 3 is 2.36 bits per heavy atom. The number of nitrogens with zero attached hydrogens (tertiary/aromatic N) is 4. The second kappa shape index (κ2) is 8.85. The van der Waals surface area contributed by atoms with E-state index >= 15 is 0 Å². The Balaban J connectivity index is 1.60. The molecule has 5 rings (SSSR count). The number of hydrogen-bond donors (Lipinski definition) is 1. The molecule has 2 aliphatic rings. The number of alkyl halides is 3. The molecule has 3 aromatic rings. The fourth-order valence-electron chi connectivity index (χ4n) is 4.75. The van der Waals surface area contributed by atoms with Crippen LogP contribution in [0.5, 0.6) is 17.2 Å². The number of ketones is 1. The van der Waals surface area contributed by atoms with Crippen LogP contribution in [0.1, 0.15) is 41.8 Å². The van der Waals surface area contributed by atoms with Gasteiger partial charge in [-0.15, -0.1) is 5.10 Å². The van der Waals surface area contributed by atoms with Crippen molar-refractivity contribution in [1.82, 2.24) is 19.7 Å². The van der Waals surface area contributed by atoms with Gasteiger partial charge in [0.15, 0.2) is 17.3 Å². The summed E-state index contributed by atoms with van der Waals surface area (Å²) >= 11 is 0. The molecule has 0 fully saturated rings. The maximum atomic E-state index is 13.6. The summed E-state index contributed by atoms with van der Waals surface area (Å²) in [5.41, 5.74) is 2.14. The van der Waals surface area contributed by atoms with Crippen LogP contribution in [0, 0.1) is 0 Å². The summed E-state index contributed by atoms with van der Waals surface area (Å²) in [5.74, 6) is -0.571. The van der Waals surface area contributed by atoms with Crippen molar-refractivity contribution in [3.63, 3.8) is 0 Å². The quantitative estimate of drug-likeness (QED) is 0.557. The van der Waals surface area contributed by atoms with Crippen LogP contribution in [0.15, 0.2) is 47.9 Å². The van der Waals surface area contributed by atoms with Gasteiger partial charge in [0.05, 0.1) is 21.3 Å². The number of halogens is 3. The summed E-state index contributed by atoms with van der Waals surface area (Å²) in [6, 6.07) is 6.02. The molecule has 0 unspecified atom stereocenters. The van der Waals surface area contributed by atoms with Gasteiger partial charge in [-0.2, -0.15) is 18.2 Å². The van der Waals surface area contributed by atoms with E-state index in [0.717, 1.165) is 10.2 Å². The predicted molar refractivity (Wildman–Crippen MR) is 121 cm³/mol. The lowest BCUT2D eigenvalue weighted by atomic mass is 9.78. The van der Waals surface area contributed by atoms with E-state index in [4.69, 9.17) is 14.2 Å². The molecule has 0 amide bonds. The number of Topliss-reactive ketones (excluding diaryl/α,β-unsaturated/α-hetero) is 1. The molecule has 1 aliphatic carbocycles. The molecule has 1 aliphatic heterocycles. The Kier molecular flexibility index (Phi) is 5.81. The summed E-state index contributed by atoms with van der Waals surface area (Å²) in [7, 11) is 4.50. The molecule has 0 radical (unpaired) electrons. The number of ether oxygens (including phenoxy) is 3. The average Bonchev–Trinajstić information content (AvgIpc) is 3.31. The first-order valence-corrected chi connectivity index (χ1v) is 11.0. The van der Waals surface area contributed by atoms with Crippen molar-refractivity contribution in [3.05, 3.63) is 64.9 Å². The summed E-state index contributed by atoms with van der Waals surface area (Å²) in [6.45, 7) is 0. The lowest BCUT2D eigenvalue weighted by Gasteiger charge is -2.35. The van der Waals surface area contributed by atoms with Crippen LogP contribution in [0.2, 0.25) is 0 Å². The highest BCUT2D eigenvalue weighted by atomic mass is 19.4. The number of aromatic nitrogens is 4. The maximum Gasteiger partial charge on any atom is 0.453 e. The van der Waals surface area contributed by atoms with Crippen LogP contribution < -0.4 is 19.5 Å². The first-order chi connectivity index (χ1) is 17.2. The van der Waals surface area contributed by atoms with E-state index in [1.165, 1.54) is 27.5 Å². The van der Waals surface area contributed by atoms with Crippen LogP contribution in [0.25, 0.3) is 0 Å². The molecule has 188 valence electrons. The van der Waals surface area contributed by atoms with Crippen molar-refractivity contribution < 1.29 is 32.2 Å². The Labute approximate surface area is 203 Å². The number of pyridine rings is 1. The third-order valence-electron chi connectivity index (χ3n) is 6.33. The topological polar surface area (TPSA) is 100 Å². The number of rotatable bonds is 5. The molecule has 12 heteroatoms. The van der Waals surface area contributed by atoms with Crippen molar-refractivity contribution in [2.45, 2.75) is 31.0 Å². The van der Waals surface area contributed by atoms with Crippen molar-refractivity contribution in [2.24, 2.45) is 0 Å². The molecule has 36 heavy (non-hydrogen) atoms. The van der Waals surface area contributed by atoms with Gasteiger partial charge in [-0.3, -0.25) is 9.78 Å². The van der Waals surface area contributed by atoms with E-state index in [9.17, 15) is 18.0 Å². The zero-order valence-electron chi connectivity index (χ0n) is 19.6. The fourth-order valence-corrected chi connectivity index (χ4v) is 4.75. The highest BCUT2D eigenvalue weighted by molar-refractivity contribution is 6.00. The van der Waals surface area contributed by atoms with Gasteiger partial charge in [0, 0.05) is 30.1 Å². The largest absolute Gasteiger partial charge is 0.493 e. The highest BCUT2D eigenvalue weighted by Gasteiger charge is 2.43. The van der Waals surface area contributed by atoms with Gasteiger partial charge in [-0.05, 0) is 41.7 Å². The van der Waals surface area contributed by atoms with Crippen LogP contribution in [-0.4, -0.2) is 46.9 Å². The molecule has 0 bridgehead atoms. The van der Waals surface area contributed by atoms with Crippen LogP contribution in [0.3, 0.4) is 0 Å². The number of carbonyl (C=O) groups excluding carboxylic acids is 1. The highest BCUT2D eigenvalue weighted by Crippen LogP contribution is 2.47. The minimum Gasteiger partial charge on any atom is -0.493 e. The molecule has 1 aromatic carbocycles. The number of benzene rings is 1. The number of anilines is 1. The third kappa shape index (κ3) is 3.91. The summed E-state index contributed by atoms with van der Waals surface area (Å²) < 4.78 is 57.7. The first kappa shape index (κ1) is 23.6. The van der Waals surface area contributed by atoms with E-state index in [-0.39, 0.29) is 24.1 Å². The smallest absolute Gasteiger partial charge is 0.453 e. The number of methoxy groups -OCH3 is 3. The minimum absolute atomic E-state index is 0.0896. The number of hydrogen-bond acceptors (Lipinski definition) is 8. The molecule has 0 saturated heterocycles.